The van der Waals surface area contributed by atoms with E-state index in [1.165, 1.54) is 0 Å². The molecule has 0 saturated heterocycles. The Balaban J connectivity index is 1.41. The van der Waals surface area contributed by atoms with Crippen LogP contribution in [0.25, 0.3) is 10.8 Å². The van der Waals surface area contributed by atoms with E-state index in [0.717, 1.165) is 27.6 Å². The molecule has 0 fully saturated rings. The molecule has 3 aromatic carbocycles. The molecule has 0 bridgehead atoms. The van der Waals surface area contributed by atoms with Gasteiger partial charge in [-0.2, -0.15) is 0 Å². The van der Waals surface area contributed by atoms with Gasteiger partial charge < -0.3 is 14.8 Å². The van der Waals surface area contributed by atoms with Gasteiger partial charge in [-0.05, 0) is 60.0 Å². The van der Waals surface area contributed by atoms with Crippen molar-refractivity contribution in [3.05, 3.63) is 77.4 Å². The lowest BCUT2D eigenvalue weighted by molar-refractivity contribution is -0.143. The van der Waals surface area contributed by atoms with Gasteiger partial charge >= 0.3 is 5.97 Å². The first-order valence-corrected chi connectivity index (χ1v) is 9.15. The Morgan fingerprint density at radius 3 is 2.32 bits per heavy atom. The van der Waals surface area contributed by atoms with Crippen molar-refractivity contribution in [1.82, 2.24) is 5.32 Å². The highest BCUT2D eigenvalue weighted by Crippen LogP contribution is 2.16. The molecule has 0 unspecified atom stereocenters. The number of benzene rings is 3. The van der Waals surface area contributed by atoms with Gasteiger partial charge in [-0.1, -0.05) is 36.4 Å². The number of rotatable bonds is 7. The van der Waals surface area contributed by atoms with Gasteiger partial charge in [0.2, 0.25) is 0 Å². The second-order valence-corrected chi connectivity index (χ2v) is 6.64. The van der Waals surface area contributed by atoms with E-state index in [-0.39, 0.29) is 25.7 Å². The van der Waals surface area contributed by atoms with Crippen molar-refractivity contribution >= 4 is 22.6 Å². The first-order chi connectivity index (χ1) is 13.5. The topological polar surface area (TPSA) is 64.6 Å². The molecule has 0 aliphatic heterocycles. The van der Waals surface area contributed by atoms with Crippen LogP contribution in [0.5, 0.6) is 5.75 Å². The maximum atomic E-state index is 12.2. The summed E-state index contributed by atoms with van der Waals surface area (Å²) in [6, 6.07) is 19.1. The Kier molecular flexibility index (Phi) is 6.27. The molecule has 5 nitrogen and oxygen atoms in total. The third kappa shape index (κ3) is 5.33. The van der Waals surface area contributed by atoms with Crippen LogP contribution in [0.15, 0.2) is 60.7 Å². The Labute approximate surface area is 164 Å². The predicted molar refractivity (Wildman–Crippen MR) is 109 cm³/mol. The molecule has 3 aromatic rings. The van der Waals surface area contributed by atoms with Crippen molar-refractivity contribution in [2.24, 2.45) is 0 Å². The van der Waals surface area contributed by atoms with Crippen LogP contribution in [0.2, 0.25) is 0 Å². The van der Waals surface area contributed by atoms with Gasteiger partial charge in [-0.3, -0.25) is 9.59 Å². The number of hydrogen-bond donors (Lipinski definition) is 1. The molecule has 1 amide bonds. The van der Waals surface area contributed by atoms with Crippen LogP contribution in [0, 0.1) is 13.8 Å². The van der Waals surface area contributed by atoms with Crippen LogP contribution >= 0.6 is 0 Å². The lowest BCUT2D eigenvalue weighted by Gasteiger charge is -2.10. The molecule has 1 N–H and O–H groups in total. The number of hydrogen-bond acceptors (Lipinski definition) is 4. The van der Waals surface area contributed by atoms with Crippen LogP contribution in [-0.2, 0) is 9.53 Å². The lowest BCUT2D eigenvalue weighted by Crippen LogP contribution is -2.31. The number of carbonyl (C=O) groups is 2. The van der Waals surface area contributed by atoms with E-state index in [4.69, 9.17) is 9.47 Å². The van der Waals surface area contributed by atoms with Gasteiger partial charge in [0, 0.05) is 5.56 Å². The maximum absolute atomic E-state index is 12.2. The van der Waals surface area contributed by atoms with Crippen LogP contribution < -0.4 is 10.1 Å². The zero-order chi connectivity index (χ0) is 19.9. The summed E-state index contributed by atoms with van der Waals surface area (Å²) in [4.78, 5) is 24.0. The molecular formula is C23H23NO4. The summed E-state index contributed by atoms with van der Waals surface area (Å²) in [7, 11) is 0. The fourth-order valence-electron chi connectivity index (χ4n) is 2.97. The maximum Gasteiger partial charge on any atom is 0.325 e. The van der Waals surface area contributed by atoms with Gasteiger partial charge in [0.1, 0.15) is 25.5 Å². The van der Waals surface area contributed by atoms with E-state index in [1.54, 1.807) is 12.1 Å². The minimum atomic E-state index is -0.502. The highest BCUT2D eigenvalue weighted by atomic mass is 16.6. The van der Waals surface area contributed by atoms with Gasteiger partial charge in [0.05, 0.1) is 0 Å². The number of aryl methyl sites for hydroxylation is 2. The number of ether oxygens (including phenoxy) is 2. The molecule has 0 atom stereocenters. The number of esters is 1. The highest BCUT2D eigenvalue weighted by Gasteiger charge is 2.09. The smallest absolute Gasteiger partial charge is 0.325 e. The molecule has 28 heavy (non-hydrogen) atoms. The fourth-order valence-corrected chi connectivity index (χ4v) is 2.97. The minimum Gasteiger partial charge on any atom is -0.490 e. The highest BCUT2D eigenvalue weighted by molar-refractivity contribution is 5.99. The molecule has 5 heteroatoms. The van der Waals surface area contributed by atoms with E-state index in [2.05, 4.69) is 11.4 Å². The Morgan fingerprint density at radius 2 is 1.57 bits per heavy atom. The second kappa shape index (κ2) is 9.04. The normalized spacial score (nSPS) is 10.5. The van der Waals surface area contributed by atoms with E-state index in [1.807, 2.05) is 56.3 Å². The van der Waals surface area contributed by atoms with Gasteiger partial charge in [0.25, 0.3) is 5.91 Å². The van der Waals surface area contributed by atoms with Crippen LogP contribution in [-0.4, -0.2) is 31.6 Å². The monoisotopic (exact) mass is 377 g/mol. The lowest BCUT2D eigenvalue weighted by atomic mass is 10.1. The van der Waals surface area contributed by atoms with Crippen molar-refractivity contribution < 1.29 is 19.1 Å². The summed E-state index contributed by atoms with van der Waals surface area (Å²) in [5, 5.41) is 4.61. The Bertz CT molecular complexity index is 977. The average molecular weight is 377 g/mol. The predicted octanol–water partition coefficient (Wildman–Crippen LogP) is 3.81. The van der Waals surface area contributed by atoms with Crippen molar-refractivity contribution in [3.8, 4) is 5.75 Å². The SMILES string of the molecule is Cc1cc(C)cc(OCCOC(=O)CNC(=O)c2ccc3ccccc3c2)c1. The number of carbonyl (C=O) groups excluding carboxylic acids is 2. The third-order valence-corrected chi connectivity index (χ3v) is 4.22. The van der Waals surface area contributed by atoms with Crippen molar-refractivity contribution in [2.45, 2.75) is 13.8 Å². The molecule has 144 valence electrons. The molecule has 0 aliphatic carbocycles. The van der Waals surface area contributed by atoms with Gasteiger partial charge in [0.15, 0.2) is 0 Å². The number of nitrogens with one attached hydrogen (secondary N) is 1. The van der Waals surface area contributed by atoms with Gasteiger partial charge in [-0.25, -0.2) is 0 Å². The summed E-state index contributed by atoms with van der Waals surface area (Å²) in [5.74, 6) is -0.0643. The molecular weight excluding hydrogens is 354 g/mol. The molecule has 3 rings (SSSR count). The molecule has 0 spiro atoms. The van der Waals surface area contributed by atoms with Crippen LogP contribution in [0.3, 0.4) is 0 Å². The molecule has 0 heterocycles. The summed E-state index contributed by atoms with van der Waals surface area (Å²) in [5.41, 5.74) is 2.73. The first-order valence-electron chi connectivity index (χ1n) is 9.15. The van der Waals surface area contributed by atoms with Crippen molar-refractivity contribution in [1.29, 1.82) is 0 Å². The number of fused-ring (bicyclic) bond motifs is 1. The van der Waals surface area contributed by atoms with Crippen LogP contribution in [0.1, 0.15) is 21.5 Å². The second-order valence-electron chi connectivity index (χ2n) is 6.64. The first kappa shape index (κ1) is 19.4. The Morgan fingerprint density at radius 1 is 0.857 bits per heavy atom. The molecule has 0 aromatic heterocycles. The molecule has 0 saturated carbocycles. The third-order valence-electron chi connectivity index (χ3n) is 4.22. The van der Waals surface area contributed by atoms with E-state index in [9.17, 15) is 9.59 Å². The van der Waals surface area contributed by atoms with Gasteiger partial charge in [-0.15, -0.1) is 0 Å². The van der Waals surface area contributed by atoms with Crippen molar-refractivity contribution in [3.63, 3.8) is 0 Å². The summed E-state index contributed by atoms with van der Waals surface area (Å²) >= 11 is 0. The Hall–Kier alpha value is -3.34. The van der Waals surface area contributed by atoms with E-state index < -0.39 is 5.97 Å². The summed E-state index contributed by atoms with van der Waals surface area (Å²) in [6.07, 6.45) is 0. The van der Waals surface area contributed by atoms with Crippen LogP contribution in [0.4, 0.5) is 0 Å². The quantitative estimate of drug-likeness (QED) is 0.502. The standard InChI is InChI=1S/C23H23NO4/c1-16-11-17(2)13-21(12-16)27-9-10-28-22(25)15-24-23(26)20-8-7-18-5-3-4-6-19(18)14-20/h3-8,11-14H,9-10,15H2,1-2H3,(H,24,26). The van der Waals surface area contributed by atoms with Crippen molar-refractivity contribution in [2.75, 3.05) is 19.8 Å². The number of amides is 1. The largest absolute Gasteiger partial charge is 0.490 e. The minimum absolute atomic E-state index is 0.123. The molecule has 0 radical (unpaired) electrons. The van der Waals surface area contributed by atoms with E-state index >= 15 is 0 Å². The van der Waals surface area contributed by atoms with E-state index in [0.29, 0.717) is 5.56 Å². The zero-order valence-electron chi connectivity index (χ0n) is 16.0. The zero-order valence-corrected chi connectivity index (χ0v) is 16.0. The fraction of sp³-hybridized carbons (Fsp3) is 0.217. The summed E-state index contributed by atoms with van der Waals surface area (Å²) < 4.78 is 10.7. The average Bonchev–Trinajstić information content (AvgIpc) is 2.68. The summed E-state index contributed by atoms with van der Waals surface area (Å²) in [6.45, 7) is 4.19. The molecule has 0 aliphatic rings.